The van der Waals surface area contributed by atoms with Crippen LogP contribution >= 0.6 is 0 Å². The molecule has 0 saturated carbocycles. The first-order valence-electron chi connectivity index (χ1n) is 21.5. The first kappa shape index (κ1) is 43.6. The van der Waals surface area contributed by atoms with Gasteiger partial charge < -0.3 is 28.8 Å². The van der Waals surface area contributed by atoms with Crippen molar-refractivity contribution in [3.63, 3.8) is 0 Å². The molecule has 4 aromatic rings. The third kappa shape index (κ3) is 9.23. The second-order valence-corrected chi connectivity index (χ2v) is 16.9. The van der Waals surface area contributed by atoms with Gasteiger partial charge in [0.25, 0.3) is 17.4 Å². The summed E-state index contributed by atoms with van der Waals surface area (Å²) in [5.74, 6) is -1.79. The summed E-state index contributed by atoms with van der Waals surface area (Å²) < 4.78 is 18.9. The maximum absolute atomic E-state index is 13.1. The quantitative estimate of drug-likeness (QED) is 0.147. The van der Waals surface area contributed by atoms with Crippen molar-refractivity contribution in [2.24, 2.45) is 18.9 Å². The average molecular weight is 864 g/mol. The van der Waals surface area contributed by atoms with Crippen molar-refractivity contribution in [2.75, 3.05) is 73.2 Å². The molecule has 332 valence electrons. The SMILES string of the molecule is COc1cc(-c2cn(C)c(=O)c3cnc(C4COC4)cc23)cc(OC)c1CN1CCN(CCC2CCN(C3CC(C(=O)O)C(=O)NC3=O)CC2)CC1.O=C1NC(=O)c2ccccc21. The minimum absolute atomic E-state index is 0.0404. The Bertz CT molecular complexity index is 2430. The van der Waals surface area contributed by atoms with Gasteiger partial charge in [-0.05, 0) is 92.5 Å². The lowest BCUT2D eigenvalue weighted by Gasteiger charge is -2.40. The van der Waals surface area contributed by atoms with Crippen LogP contribution in [0.3, 0.4) is 0 Å². The maximum Gasteiger partial charge on any atom is 0.316 e. The molecule has 9 rings (SSSR count). The van der Waals surface area contributed by atoms with Gasteiger partial charge in [0.2, 0.25) is 11.8 Å². The number of rotatable bonds is 11. The molecule has 17 nitrogen and oxygen atoms in total. The van der Waals surface area contributed by atoms with Gasteiger partial charge in [-0.15, -0.1) is 0 Å². The third-order valence-corrected chi connectivity index (χ3v) is 13.1. The molecular formula is C46H53N7O10. The number of piperidine rings is 2. The lowest BCUT2D eigenvalue weighted by molar-refractivity contribution is -0.153. The number of likely N-dealkylation sites (tertiary alicyclic amines) is 1. The van der Waals surface area contributed by atoms with E-state index in [0.717, 1.165) is 104 Å². The van der Waals surface area contributed by atoms with Gasteiger partial charge >= 0.3 is 5.97 Å². The van der Waals surface area contributed by atoms with Gasteiger partial charge in [-0.25, -0.2) is 0 Å². The van der Waals surface area contributed by atoms with E-state index in [1.54, 1.807) is 56.3 Å². The molecule has 4 fully saturated rings. The first-order valence-corrected chi connectivity index (χ1v) is 21.5. The number of aromatic nitrogens is 2. The molecule has 0 spiro atoms. The second kappa shape index (κ2) is 18.8. The highest BCUT2D eigenvalue weighted by Gasteiger charge is 2.42. The van der Waals surface area contributed by atoms with E-state index in [1.807, 2.05) is 29.3 Å². The molecule has 17 heteroatoms. The Morgan fingerprint density at radius 2 is 1.46 bits per heavy atom. The molecule has 0 bridgehead atoms. The normalized spacial score (nSPS) is 21.3. The van der Waals surface area contributed by atoms with Crippen molar-refractivity contribution in [3.8, 4) is 22.6 Å². The average Bonchev–Trinajstić information content (AvgIpc) is 3.56. The van der Waals surface area contributed by atoms with Crippen LogP contribution in [0.2, 0.25) is 0 Å². The van der Waals surface area contributed by atoms with Crippen molar-refractivity contribution in [1.82, 2.24) is 34.9 Å². The molecule has 4 saturated heterocycles. The van der Waals surface area contributed by atoms with E-state index >= 15 is 0 Å². The largest absolute Gasteiger partial charge is 0.496 e. The highest BCUT2D eigenvalue weighted by atomic mass is 16.5. The molecule has 63 heavy (non-hydrogen) atoms. The summed E-state index contributed by atoms with van der Waals surface area (Å²) in [4.78, 5) is 82.4. The van der Waals surface area contributed by atoms with E-state index in [1.165, 1.54) is 0 Å². The van der Waals surface area contributed by atoms with Crippen LogP contribution in [-0.2, 0) is 32.7 Å². The van der Waals surface area contributed by atoms with Crippen LogP contribution in [0.25, 0.3) is 21.9 Å². The first-order chi connectivity index (χ1) is 30.4. The van der Waals surface area contributed by atoms with Gasteiger partial charge in [-0.1, -0.05) is 12.1 Å². The standard InChI is InChI=1S/C38H48N6O8.C8H5NO2/c1-41-19-29(26-16-31(25-21-52-22-25)39-18-28(26)37(41)47)24-14-33(50-2)30(34(15-24)51-3)20-43-12-10-42(11-13-43)7-4-23-5-8-44(9-6-23)32-17-27(38(48)49)35(45)40-36(32)46;10-7-5-3-1-2-4-6(5)8(11)9-7/h14-16,18-19,23,25,27,32H,4-13,17,20-22H2,1-3H3,(H,48,49)(H,40,45,46);1-4H,(H,9,10,11). The van der Waals surface area contributed by atoms with Gasteiger partial charge in [-0.2, -0.15) is 0 Å². The molecule has 0 radical (unpaired) electrons. The minimum Gasteiger partial charge on any atom is -0.496 e. The monoisotopic (exact) mass is 863 g/mol. The van der Waals surface area contributed by atoms with Crippen molar-refractivity contribution in [3.05, 3.63) is 87.6 Å². The van der Waals surface area contributed by atoms with Gasteiger partial charge in [0.1, 0.15) is 17.4 Å². The number of carbonyl (C=O) groups is 5. The van der Waals surface area contributed by atoms with Crippen LogP contribution in [0, 0.1) is 11.8 Å². The van der Waals surface area contributed by atoms with Crippen LogP contribution in [0.5, 0.6) is 11.5 Å². The summed E-state index contributed by atoms with van der Waals surface area (Å²) in [6, 6.07) is 12.3. The van der Waals surface area contributed by atoms with E-state index in [2.05, 4.69) is 25.4 Å². The van der Waals surface area contributed by atoms with Crippen molar-refractivity contribution in [2.45, 2.75) is 44.2 Å². The number of benzene rings is 2. The molecule has 2 aromatic heterocycles. The molecule has 2 unspecified atom stereocenters. The van der Waals surface area contributed by atoms with Crippen LogP contribution in [0.15, 0.2) is 59.7 Å². The number of nitrogens with one attached hydrogen (secondary N) is 2. The molecule has 4 amide bonds. The molecule has 2 aromatic carbocycles. The Kier molecular flexibility index (Phi) is 13.0. The number of aliphatic carboxylic acids is 1. The summed E-state index contributed by atoms with van der Waals surface area (Å²) in [6.07, 6.45) is 6.58. The Morgan fingerprint density at radius 3 is 2.05 bits per heavy atom. The fourth-order valence-electron chi connectivity index (χ4n) is 9.22. The number of hydrogen-bond donors (Lipinski definition) is 3. The van der Waals surface area contributed by atoms with Gasteiger partial charge in [0.05, 0.1) is 55.6 Å². The molecule has 2 atom stereocenters. The zero-order valence-corrected chi connectivity index (χ0v) is 35.8. The molecule has 7 heterocycles. The second-order valence-electron chi connectivity index (χ2n) is 16.9. The Balaban J connectivity index is 0.000000428. The predicted molar refractivity (Wildman–Crippen MR) is 231 cm³/mol. The maximum atomic E-state index is 13.1. The van der Waals surface area contributed by atoms with E-state index in [-0.39, 0.29) is 35.6 Å². The molecule has 3 N–H and O–H groups in total. The number of pyridine rings is 2. The Labute approximate surface area is 364 Å². The highest BCUT2D eigenvalue weighted by molar-refractivity contribution is 6.21. The molecule has 0 aliphatic carbocycles. The van der Waals surface area contributed by atoms with Gasteiger partial charge in [0, 0.05) is 69.3 Å². The Hall–Kier alpha value is -6.01. The number of amides is 4. The summed E-state index contributed by atoms with van der Waals surface area (Å²) >= 11 is 0. The van der Waals surface area contributed by atoms with E-state index < -0.39 is 23.8 Å². The topological polar surface area (TPSA) is 202 Å². The van der Waals surface area contributed by atoms with E-state index in [4.69, 9.17) is 14.2 Å². The smallest absolute Gasteiger partial charge is 0.316 e. The fraction of sp³-hybridized carbons (Fsp3) is 0.457. The van der Waals surface area contributed by atoms with Crippen LogP contribution in [-0.4, -0.2) is 138 Å². The minimum atomic E-state index is -1.18. The lowest BCUT2D eigenvalue weighted by Crippen LogP contribution is -2.58. The van der Waals surface area contributed by atoms with Crippen LogP contribution in [0.4, 0.5) is 0 Å². The van der Waals surface area contributed by atoms with E-state index in [0.29, 0.717) is 42.2 Å². The number of methoxy groups -OCH3 is 2. The summed E-state index contributed by atoms with van der Waals surface area (Å²) in [6.45, 7) is 8.17. The number of carboxylic acid groups (broad SMARTS) is 1. The fourth-order valence-corrected chi connectivity index (χ4v) is 9.22. The van der Waals surface area contributed by atoms with Crippen LogP contribution in [0.1, 0.15) is 63.6 Å². The van der Waals surface area contributed by atoms with E-state index in [9.17, 15) is 33.9 Å². The predicted octanol–water partition coefficient (Wildman–Crippen LogP) is 2.64. The number of fused-ring (bicyclic) bond motifs is 2. The number of aryl methyl sites for hydroxylation is 1. The number of ether oxygens (including phenoxy) is 3. The summed E-state index contributed by atoms with van der Waals surface area (Å²) in [5.41, 5.74) is 4.57. The third-order valence-electron chi connectivity index (χ3n) is 13.1. The molecule has 5 aliphatic heterocycles. The number of piperazine rings is 1. The summed E-state index contributed by atoms with van der Waals surface area (Å²) in [5, 5.41) is 15.3. The lowest BCUT2D eigenvalue weighted by atomic mass is 9.88. The zero-order chi connectivity index (χ0) is 44.4. The van der Waals surface area contributed by atoms with Crippen molar-refractivity contribution in [1.29, 1.82) is 0 Å². The molecule has 5 aliphatic rings. The Morgan fingerprint density at radius 1 is 0.825 bits per heavy atom. The van der Waals surface area contributed by atoms with Crippen molar-refractivity contribution >= 4 is 40.4 Å². The number of carbonyl (C=O) groups excluding carboxylic acids is 4. The number of carboxylic acids is 1. The summed E-state index contributed by atoms with van der Waals surface area (Å²) in [7, 11) is 5.12. The highest BCUT2D eigenvalue weighted by Crippen LogP contribution is 2.39. The number of hydrogen-bond acceptors (Lipinski definition) is 13. The molecular weight excluding hydrogens is 811 g/mol. The van der Waals surface area contributed by atoms with Gasteiger partial charge in [-0.3, -0.25) is 54.2 Å². The number of nitrogens with zero attached hydrogens (tertiary/aromatic N) is 5. The van der Waals surface area contributed by atoms with Crippen LogP contribution < -0.4 is 25.7 Å². The number of imide groups is 2. The zero-order valence-electron chi connectivity index (χ0n) is 35.8. The van der Waals surface area contributed by atoms with Gasteiger partial charge in [0.15, 0.2) is 0 Å². The van der Waals surface area contributed by atoms with Crippen molar-refractivity contribution < 1.29 is 43.3 Å².